The minimum Gasteiger partial charge on any atom is -0.497 e. The molecule has 1 fully saturated rings. The highest BCUT2D eigenvalue weighted by molar-refractivity contribution is 5.80. The molecular formula is C22H24N4O3. The molecule has 0 bridgehead atoms. The molecule has 1 amide bonds. The Labute approximate surface area is 168 Å². The van der Waals surface area contributed by atoms with Gasteiger partial charge < -0.3 is 9.64 Å². The molecule has 0 radical (unpaired) electrons. The zero-order chi connectivity index (χ0) is 20.4. The number of ether oxygens (including phenoxy) is 1. The van der Waals surface area contributed by atoms with E-state index in [9.17, 15) is 9.59 Å². The van der Waals surface area contributed by atoms with E-state index in [-0.39, 0.29) is 17.5 Å². The monoisotopic (exact) mass is 392 g/mol. The Morgan fingerprint density at radius 2 is 1.93 bits per heavy atom. The van der Waals surface area contributed by atoms with Crippen LogP contribution in [0.1, 0.15) is 30.0 Å². The van der Waals surface area contributed by atoms with Crippen molar-refractivity contribution in [2.75, 3.05) is 20.2 Å². The fourth-order valence-electron chi connectivity index (χ4n) is 3.89. The molecule has 1 aliphatic heterocycles. The third kappa shape index (κ3) is 3.85. The van der Waals surface area contributed by atoms with Crippen molar-refractivity contribution in [3.05, 3.63) is 63.9 Å². The molecule has 2 heterocycles. The molecule has 3 aromatic rings. The van der Waals surface area contributed by atoms with Gasteiger partial charge in [0.15, 0.2) is 0 Å². The molecule has 7 heteroatoms. The SMILES string of the molecule is COc1cccc(CC(=O)N2CCC(n3nnc4c(C)cccc4c3=O)CC2)c1. The third-order valence-corrected chi connectivity index (χ3v) is 5.57. The zero-order valence-electron chi connectivity index (χ0n) is 16.7. The first-order chi connectivity index (χ1) is 14.1. The summed E-state index contributed by atoms with van der Waals surface area (Å²) in [5.41, 5.74) is 2.42. The highest BCUT2D eigenvalue weighted by atomic mass is 16.5. The minimum atomic E-state index is -0.111. The van der Waals surface area contributed by atoms with Crippen molar-refractivity contribution in [3.8, 4) is 5.75 Å². The van der Waals surface area contributed by atoms with Gasteiger partial charge in [-0.3, -0.25) is 9.59 Å². The molecule has 0 unspecified atom stereocenters. The molecule has 0 aliphatic carbocycles. The van der Waals surface area contributed by atoms with Crippen LogP contribution in [0.3, 0.4) is 0 Å². The molecule has 1 aromatic heterocycles. The highest BCUT2D eigenvalue weighted by Crippen LogP contribution is 2.22. The van der Waals surface area contributed by atoms with Gasteiger partial charge in [0.25, 0.3) is 5.56 Å². The van der Waals surface area contributed by atoms with Crippen LogP contribution in [0.15, 0.2) is 47.3 Å². The smallest absolute Gasteiger partial charge is 0.277 e. The zero-order valence-corrected chi connectivity index (χ0v) is 16.7. The summed E-state index contributed by atoms with van der Waals surface area (Å²) < 4.78 is 6.72. The van der Waals surface area contributed by atoms with Gasteiger partial charge in [-0.05, 0) is 49.1 Å². The first kappa shape index (κ1) is 19.1. The fraction of sp³-hybridized carbons (Fsp3) is 0.364. The molecule has 0 atom stereocenters. The van der Waals surface area contributed by atoms with Crippen molar-refractivity contribution in [2.45, 2.75) is 32.2 Å². The van der Waals surface area contributed by atoms with Crippen molar-refractivity contribution in [3.63, 3.8) is 0 Å². The number of rotatable bonds is 4. The Morgan fingerprint density at radius 3 is 2.69 bits per heavy atom. The average Bonchev–Trinajstić information content (AvgIpc) is 2.75. The van der Waals surface area contributed by atoms with Gasteiger partial charge in [0.2, 0.25) is 5.91 Å². The lowest BCUT2D eigenvalue weighted by molar-refractivity contribution is -0.131. The van der Waals surface area contributed by atoms with Crippen molar-refractivity contribution >= 4 is 16.8 Å². The summed E-state index contributed by atoms with van der Waals surface area (Å²) in [5, 5.41) is 9.04. The maximum absolute atomic E-state index is 12.9. The summed E-state index contributed by atoms with van der Waals surface area (Å²) in [6.07, 6.45) is 1.72. The average molecular weight is 392 g/mol. The molecular weight excluding hydrogens is 368 g/mol. The number of aryl methyl sites for hydroxylation is 1. The summed E-state index contributed by atoms with van der Waals surface area (Å²) >= 11 is 0. The number of fused-ring (bicyclic) bond motifs is 1. The number of methoxy groups -OCH3 is 1. The largest absolute Gasteiger partial charge is 0.497 e. The lowest BCUT2D eigenvalue weighted by Crippen LogP contribution is -2.42. The second-order valence-corrected chi connectivity index (χ2v) is 7.45. The van der Waals surface area contributed by atoms with Crippen LogP contribution in [-0.2, 0) is 11.2 Å². The Bertz CT molecular complexity index is 1100. The molecule has 29 heavy (non-hydrogen) atoms. The minimum absolute atomic E-state index is 0.0409. The lowest BCUT2D eigenvalue weighted by atomic mass is 10.0. The van der Waals surface area contributed by atoms with E-state index < -0.39 is 0 Å². The number of amides is 1. The van der Waals surface area contributed by atoms with Gasteiger partial charge in [-0.1, -0.05) is 29.5 Å². The number of likely N-dealkylation sites (tertiary alicyclic amines) is 1. The first-order valence-corrected chi connectivity index (χ1v) is 9.82. The van der Waals surface area contributed by atoms with Crippen LogP contribution in [-0.4, -0.2) is 46.0 Å². The van der Waals surface area contributed by atoms with Crippen molar-refractivity contribution in [2.24, 2.45) is 0 Å². The number of carbonyl (C=O) groups is 1. The summed E-state index contributed by atoms with van der Waals surface area (Å²) in [5.74, 6) is 0.836. The molecule has 0 N–H and O–H groups in total. The summed E-state index contributed by atoms with van der Waals surface area (Å²) in [6, 6.07) is 13.1. The van der Waals surface area contributed by atoms with Crippen LogP contribution in [0.5, 0.6) is 5.75 Å². The molecule has 1 aliphatic rings. The van der Waals surface area contributed by atoms with Crippen molar-refractivity contribution in [1.82, 2.24) is 19.9 Å². The first-order valence-electron chi connectivity index (χ1n) is 9.82. The molecule has 4 rings (SSSR count). The second kappa shape index (κ2) is 8.03. The van der Waals surface area contributed by atoms with Gasteiger partial charge in [-0.15, -0.1) is 5.10 Å². The topological polar surface area (TPSA) is 77.3 Å². The van der Waals surface area contributed by atoms with Gasteiger partial charge in [0.1, 0.15) is 11.3 Å². The van der Waals surface area contributed by atoms with Crippen molar-refractivity contribution < 1.29 is 9.53 Å². The van der Waals surface area contributed by atoms with Crippen LogP contribution in [0.25, 0.3) is 10.9 Å². The Kier molecular flexibility index (Phi) is 5.29. The number of piperidine rings is 1. The van der Waals surface area contributed by atoms with Crippen LogP contribution in [0.4, 0.5) is 0 Å². The fourth-order valence-corrected chi connectivity index (χ4v) is 3.89. The number of carbonyl (C=O) groups excluding carboxylic acids is 1. The number of hydrogen-bond donors (Lipinski definition) is 0. The molecule has 2 aromatic carbocycles. The summed E-state index contributed by atoms with van der Waals surface area (Å²) in [6.45, 7) is 3.13. The van der Waals surface area contributed by atoms with Gasteiger partial charge in [0.05, 0.1) is 25.0 Å². The maximum Gasteiger partial charge on any atom is 0.277 e. The Balaban J connectivity index is 1.44. The summed E-state index contributed by atoms with van der Waals surface area (Å²) in [7, 11) is 1.62. The van der Waals surface area contributed by atoms with E-state index in [1.54, 1.807) is 13.2 Å². The van der Waals surface area contributed by atoms with Crippen LogP contribution < -0.4 is 10.3 Å². The third-order valence-electron chi connectivity index (χ3n) is 5.57. The molecule has 7 nitrogen and oxygen atoms in total. The summed E-state index contributed by atoms with van der Waals surface area (Å²) in [4.78, 5) is 27.4. The van der Waals surface area contributed by atoms with Crippen LogP contribution in [0.2, 0.25) is 0 Å². The van der Waals surface area contributed by atoms with E-state index in [2.05, 4.69) is 10.3 Å². The van der Waals surface area contributed by atoms with E-state index in [0.717, 1.165) is 16.9 Å². The molecule has 150 valence electrons. The van der Waals surface area contributed by atoms with Crippen LogP contribution >= 0.6 is 0 Å². The predicted molar refractivity (Wildman–Crippen MR) is 110 cm³/mol. The van der Waals surface area contributed by atoms with Gasteiger partial charge in [-0.25, -0.2) is 4.68 Å². The molecule has 0 saturated carbocycles. The normalized spacial score (nSPS) is 14.9. The van der Waals surface area contributed by atoms with E-state index >= 15 is 0 Å². The van der Waals surface area contributed by atoms with Crippen molar-refractivity contribution in [1.29, 1.82) is 0 Å². The molecule has 0 spiro atoms. The van der Waals surface area contributed by atoms with E-state index in [0.29, 0.717) is 43.3 Å². The number of nitrogens with zero attached hydrogens (tertiary/aromatic N) is 4. The molecule has 1 saturated heterocycles. The Hall–Kier alpha value is -3.22. The van der Waals surface area contributed by atoms with E-state index in [4.69, 9.17) is 4.74 Å². The Morgan fingerprint density at radius 1 is 1.17 bits per heavy atom. The number of benzene rings is 2. The van der Waals surface area contributed by atoms with Crippen LogP contribution in [0, 0.1) is 6.92 Å². The standard InChI is InChI=1S/C22H24N4O3/c1-15-5-3-8-19-21(15)23-24-26(22(19)28)17-9-11-25(12-10-17)20(27)14-16-6-4-7-18(13-16)29-2/h3-8,13,17H,9-12,14H2,1-2H3. The number of hydrogen-bond acceptors (Lipinski definition) is 5. The lowest BCUT2D eigenvalue weighted by Gasteiger charge is -2.32. The predicted octanol–water partition coefficient (Wildman–Crippen LogP) is 2.51. The second-order valence-electron chi connectivity index (χ2n) is 7.45. The highest BCUT2D eigenvalue weighted by Gasteiger charge is 2.26. The van der Waals surface area contributed by atoms with Gasteiger partial charge >= 0.3 is 0 Å². The van der Waals surface area contributed by atoms with Gasteiger partial charge in [-0.2, -0.15) is 0 Å². The quantitative estimate of drug-likeness (QED) is 0.682. The number of aromatic nitrogens is 3. The van der Waals surface area contributed by atoms with Gasteiger partial charge in [0, 0.05) is 13.1 Å². The van der Waals surface area contributed by atoms with E-state index in [1.807, 2.05) is 48.2 Å². The van der Waals surface area contributed by atoms with E-state index in [1.165, 1.54) is 4.68 Å². The maximum atomic E-state index is 12.9.